The van der Waals surface area contributed by atoms with Gasteiger partial charge in [-0.1, -0.05) is 0 Å². The van der Waals surface area contributed by atoms with Crippen molar-refractivity contribution in [2.75, 3.05) is 0 Å². The first-order valence-corrected chi connectivity index (χ1v) is 7.62. The molecule has 0 atom stereocenters. The molecule has 0 saturated heterocycles. The molecule has 0 amide bonds. The van der Waals surface area contributed by atoms with E-state index >= 15 is 0 Å². The van der Waals surface area contributed by atoms with Crippen LogP contribution < -0.4 is 0 Å². The van der Waals surface area contributed by atoms with Crippen molar-refractivity contribution in [1.29, 1.82) is 0 Å². The monoisotopic (exact) mass is 278 g/mol. The van der Waals surface area contributed by atoms with Gasteiger partial charge in [-0.2, -0.15) is 0 Å². The van der Waals surface area contributed by atoms with E-state index < -0.39 is 0 Å². The molecule has 0 radical (unpaired) electrons. The molecule has 0 heterocycles. The number of hydrogen-bond donors (Lipinski definition) is 0. The van der Waals surface area contributed by atoms with Crippen molar-refractivity contribution < 1.29 is 9.59 Å². The maximum atomic E-state index is 11.6. The number of Topliss-reactive ketones (excluding diaryl/α,β-unsaturated/α-hetero) is 2. The summed E-state index contributed by atoms with van der Waals surface area (Å²) in [5, 5.41) is 1.16. The average molecular weight is 277 g/mol. The second-order valence-corrected chi connectivity index (χ2v) is 7.91. The van der Waals surface area contributed by atoms with E-state index in [1.165, 1.54) is 0 Å². The van der Waals surface area contributed by atoms with Crippen LogP contribution in [0.15, 0.2) is 0 Å². The van der Waals surface area contributed by atoms with Gasteiger partial charge < -0.3 is 0 Å². The fourth-order valence-corrected chi connectivity index (χ4v) is 3.48. The summed E-state index contributed by atoms with van der Waals surface area (Å²) in [7, 11) is 0. The van der Waals surface area contributed by atoms with Gasteiger partial charge in [0.25, 0.3) is 0 Å². The van der Waals surface area contributed by atoms with E-state index in [2.05, 4.69) is 0 Å². The molecule has 0 aliphatic heterocycles. The van der Waals surface area contributed by atoms with Gasteiger partial charge in [-0.15, -0.1) is 0 Å². The molecule has 0 N–H and O–H groups in total. The van der Waals surface area contributed by atoms with Gasteiger partial charge in [0.1, 0.15) is 0 Å². The fourth-order valence-electron chi connectivity index (χ4n) is 0.669. The summed E-state index contributed by atoms with van der Waals surface area (Å²) in [4.78, 5) is 23.2. The van der Waals surface area contributed by atoms with Gasteiger partial charge >= 0.3 is 99.1 Å². The number of hydrogen-bond acceptors (Lipinski definition) is 2. The summed E-state index contributed by atoms with van der Waals surface area (Å²) in [6, 6.07) is 0. The van der Waals surface area contributed by atoms with Gasteiger partial charge in [-0.3, -0.25) is 0 Å². The van der Waals surface area contributed by atoms with Crippen LogP contribution in [0.4, 0.5) is 0 Å². The molecule has 0 aromatic rings. The quantitative estimate of drug-likeness (QED) is 0.740. The molecule has 88 valence electrons. The van der Waals surface area contributed by atoms with Gasteiger partial charge in [-0.25, -0.2) is 0 Å². The number of carbonyl (C=O) groups excluding carboxylic acids is 2. The molecule has 0 bridgehead atoms. The predicted octanol–water partition coefficient (Wildman–Crippen LogP) is 2.76. The standard InChI is InChI=1S/C12H22O2Se/c1-11(2,3)9(13)7-15-8-10(14)12(4,5)6/h7-8H2,1-6H3. The third-order valence-electron chi connectivity index (χ3n) is 2.14. The predicted molar refractivity (Wildman–Crippen MR) is 64.3 cm³/mol. The summed E-state index contributed by atoms with van der Waals surface area (Å²) in [6.45, 7) is 11.6. The van der Waals surface area contributed by atoms with E-state index in [1.54, 1.807) is 0 Å². The molecule has 0 aliphatic rings. The molecule has 0 spiro atoms. The Labute approximate surface area is 99.4 Å². The SMILES string of the molecule is CC(C)(C)C(=O)C[Se]CC(=O)C(C)(C)C. The first-order valence-electron chi connectivity index (χ1n) is 5.19. The van der Waals surface area contributed by atoms with Crippen molar-refractivity contribution in [3.63, 3.8) is 0 Å². The van der Waals surface area contributed by atoms with Crippen LogP contribution in [0.1, 0.15) is 41.5 Å². The van der Waals surface area contributed by atoms with Crippen LogP contribution in [-0.4, -0.2) is 26.5 Å². The van der Waals surface area contributed by atoms with Crippen LogP contribution in [0.3, 0.4) is 0 Å². The summed E-state index contributed by atoms with van der Waals surface area (Å²) < 4.78 is 0. The minimum atomic E-state index is -0.257. The molecular weight excluding hydrogens is 255 g/mol. The second kappa shape index (κ2) is 5.27. The van der Waals surface area contributed by atoms with Gasteiger partial charge in [0, 0.05) is 0 Å². The second-order valence-electron chi connectivity index (χ2n) is 5.84. The van der Waals surface area contributed by atoms with Crippen molar-refractivity contribution in [2.45, 2.75) is 52.2 Å². The van der Waals surface area contributed by atoms with Crippen molar-refractivity contribution in [3.8, 4) is 0 Å². The third kappa shape index (κ3) is 6.11. The zero-order valence-electron chi connectivity index (χ0n) is 10.6. The molecule has 0 aromatic heterocycles. The minimum absolute atomic E-state index is 0.134. The Balaban J connectivity index is 3.92. The van der Waals surface area contributed by atoms with Crippen molar-refractivity contribution in [1.82, 2.24) is 0 Å². The molecule has 0 rings (SSSR count). The zero-order chi connectivity index (χ0) is 12.3. The number of carbonyl (C=O) groups is 2. The van der Waals surface area contributed by atoms with Crippen molar-refractivity contribution in [3.05, 3.63) is 0 Å². The van der Waals surface area contributed by atoms with E-state index in [9.17, 15) is 9.59 Å². The Morgan fingerprint density at radius 3 is 1.27 bits per heavy atom. The van der Waals surface area contributed by atoms with E-state index in [-0.39, 0.29) is 37.4 Å². The molecule has 0 fully saturated rings. The number of rotatable bonds is 4. The topological polar surface area (TPSA) is 34.1 Å². The van der Waals surface area contributed by atoms with Crippen LogP contribution in [-0.2, 0) is 9.59 Å². The third-order valence-corrected chi connectivity index (χ3v) is 4.10. The van der Waals surface area contributed by atoms with E-state index in [1.807, 2.05) is 41.5 Å². The Kier molecular flexibility index (Phi) is 5.22. The first-order chi connectivity index (χ1) is 6.55. The Morgan fingerprint density at radius 1 is 0.800 bits per heavy atom. The molecule has 0 aromatic carbocycles. The van der Waals surface area contributed by atoms with E-state index in [0.29, 0.717) is 10.6 Å². The molecule has 0 aliphatic carbocycles. The molecule has 2 nitrogen and oxygen atoms in total. The Bertz CT molecular complexity index is 217. The summed E-state index contributed by atoms with van der Waals surface area (Å²) in [5.74, 6) is 0.536. The molecular formula is C12H22O2Se. The zero-order valence-corrected chi connectivity index (χ0v) is 12.4. The summed E-state index contributed by atoms with van der Waals surface area (Å²) in [6.07, 6.45) is 0. The van der Waals surface area contributed by atoms with Crippen LogP contribution in [0, 0.1) is 10.8 Å². The first kappa shape index (κ1) is 14.9. The maximum absolute atomic E-state index is 11.6. The van der Waals surface area contributed by atoms with Crippen LogP contribution >= 0.6 is 0 Å². The van der Waals surface area contributed by atoms with Gasteiger partial charge in [0.15, 0.2) is 0 Å². The normalized spacial score (nSPS) is 12.7. The Morgan fingerprint density at radius 2 is 1.07 bits per heavy atom. The van der Waals surface area contributed by atoms with E-state index in [0.717, 1.165) is 0 Å². The summed E-state index contributed by atoms with van der Waals surface area (Å²) >= 11 is 0.134. The van der Waals surface area contributed by atoms with Gasteiger partial charge in [-0.05, 0) is 0 Å². The average Bonchev–Trinajstić information content (AvgIpc) is 2.00. The molecule has 3 heteroatoms. The van der Waals surface area contributed by atoms with E-state index in [4.69, 9.17) is 0 Å². The van der Waals surface area contributed by atoms with Crippen molar-refractivity contribution >= 4 is 26.5 Å². The van der Waals surface area contributed by atoms with Crippen LogP contribution in [0.2, 0.25) is 10.6 Å². The Hall–Kier alpha value is -0.141. The summed E-state index contributed by atoms with van der Waals surface area (Å²) in [5.41, 5.74) is -0.515. The van der Waals surface area contributed by atoms with Gasteiger partial charge in [0.2, 0.25) is 0 Å². The van der Waals surface area contributed by atoms with Crippen LogP contribution in [0.5, 0.6) is 0 Å². The number of ketones is 2. The molecule has 0 saturated carbocycles. The molecule has 15 heavy (non-hydrogen) atoms. The van der Waals surface area contributed by atoms with Gasteiger partial charge in [0.05, 0.1) is 0 Å². The van der Waals surface area contributed by atoms with Crippen molar-refractivity contribution in [2.24, 2.45) is 10.8 Å². The van der Waals surface area contributed by atoms with Crippen LogP contribution in [0.25, 0.3) is 0 Å². The fraction of sp³-hybridized carbons (Fsp3) is 0.833. The molecule has 0 unspecified atom stereocenters.